The molecule has 2 aromatic heterocycles. The minimum Gasteiger partial charge on any atom is -0.369 e. The van der Waals surface area contributed by atoms with Gasteiger partial charge in [-0.1, -0.05) is 17.7 Å². The number of ketones is 1. The first-order valence-corrected chi connectivity index (χ1v) is 11.6. The molecular formula is C23H17ClF3N5OS. The molecule has 2 aromatic carbocycles. The third-order valence-corrected chi connectivity index (χ3v) is 6.62. The number of rotatable bonds is 8. The Morgan fingerprint density at radius 1 is 1.15 bits per heavy atom. The highest BCUT2D eigenvalue weighted by Crippen LogP contribution is 2.34. The molecule has 6 nitrogen and oxygen atoms in total. The summed E-state index contributed by atoms with van der Waals surface area (Å²) in [4.78, 5) is 24.6. The zero-order valence-corrected chi connectivity index (χ0v) is 19.0. The lowest BCUT2D eigenvalue weighted by Gasteiger charge is -2.12. The summed E-state index contributed by atoms with van der Waals surface area (Å²) in [5, 5.41) is 3.47. The molecule has 0 spiro atoms. The van der Waals surface area contributed by atoms with Gasteiger partial charge in [0.25, 0.3) is 0 Å². The molecule has 0 aliphatic heterocycles. The Bertz CT molecular complexity index is 1410. The van der Waals surface area contributed by atoms with Crippen LogP contribution in [0.4, 0.5) is 24.7 Å². The molecule has 4 aromatic rings. The quantitative estimate of drug-likeness (QED) is 0.196. The van der Waals surface area contributed by atoms with Crippen molar-refractivity contribution in [2.24, 2.45) is 5.92 Å². The molecule has 1 saturated carbocycles. The summed E-state index contributed by atoms with van der Waals surface area (Å²) in [5.74, 6) is -2.70. The van der Waals surface area contributed by atoms with E-state index in [1.807, 2.05) is 0 Å². The van der Waals surface area contributed by atoms with Gasteiger partial charge in [-0.15, -0.1) is 0 Å². The third-order valence-electron chi connectivity index (χ3n) is 5.47. The Kier molecular flexibility index (Phi) is 6.09. The van der Waals surface area contributed by atoms with Crippen LogP contribution in [0, 0.1) is 23.4 Å². The summed E-state index contributed by atoms with van der Waals surface area (Å²) in [6.45, 7) is 0.685. The Balaban J connectivity index is 1.47. The molecule has 11 heteroatoms. The number of halogens is 4. The van der Waals surface area contributed by atoms with Gasteiger partial charge in [-0.3, -0.25) is 4.79 Å². The van der Waals surface area contributed by atoms with Gasteiger partial charge < -0.3 is 15.0 Å². The molecule has 2 heterocycles. The van der Waals surface area contributed by atoms with E-state index in [4.69, 9.17) is 11.6 Å². The van der Waals surface area contributed by atoms with E-state index in [9.17, 15) is 13.6 Å². The van der Waals surface area contributed by atoms with Crippen LogP contribution in [0.2, 0.25) is 5.02 Å². The normalized spacial score (nSPS) is 13.3. The predicted octanol–water partition coefficient (Wildman–Crippen LogP) is 6.20. The maximum absolute atomic E-state index is 15.3. The van der Waals surface area contributed by atoms with Gasteiger partial charge in [0.2, 0.25) is 5.78 Å². The lowest BCUT2D eigenvalue weighted by Crippen LogP contribution is -2.11. The number of hydrogen-bond acceptors (Lipinski definition) is 6. The molecule has 1 aliphatic carbocycles. The first-order chi connectivity index (χ1) is 16.4. The van der Waals surface area contributed by atoms with Crippen LogP contribution >= 0.6 is 23.5 Å². The first kappa shape index (κ1) is 22.5. The van der Waals surface area contributed by atoms with Crippen LogP contribution < -0.4 is 10.0 Å². The highest BCUT2D eigenvalue weighted by atomic mass is 35.5. The zero-order valence-electron chi connectivity index (χ0n) is 17.5. The number of H-pyrrole nitrogens is 1. The minimum absolute atomic E-state index is 0.0392. The topological polar surface area (TPSA) is 82.7 Å². The van der Waals surface area contributed by atoms with Crippen LogP contribution in [0.3, 0.4) is 0 Å². The SMILES string of the molecule is O=C(c1c(F)ccc(NSc2cccc(Cl)c2F)c1F)c1c[nH]c2ncnc(NCC3CC3)c12. The van der Waals surface area contributed by atoms with Crippen molar-refractivity contribution in [2.75, 3.05) is 16.6 Å². The second-order valence-corrected chi connectivity index (χ2v) is 9.10. The van der Waals surface area contributed by atoms with Gasteiger partial charge in [0, 0.05) is 12.7 Å². The maximum Gasteiger partial charge on any atom is 0.201 e. The molecule has 0 amide bonds. The Hall–Kier alpha value is -3.24. The van der Waals surface area contributed by atoms with Crippen LogP contribution in [-0.4, -0.2) is 27.3 Å². The molecule has 0 unspecified atom stereocenters. The summed E-state index contributed by atoms with van der Waals surface area (Å²) in [6, 6.07) is 6.49. The van der Waals surface area contributed by atoms with E-state index in [0.717, 1.165) is 36.9 Å². The van der Waals surface area contributed by atoms with Gasteiger partial charge in [-0.2, -0.15) is 0 Å². The van der Waals surface area contributed by atoms with Gasteiger partial charge in [0.05, 0.1) is 32.1 Å². The van der Waals surface area contributed by atoms with E-state index in [-0.39, 0.29) is 21.2 Å². The molecule has 1 fully saturated rings. The predicted molar refractivity (Wildman–Crippen MR) is 126 cm³/mol. The van der Waals surface area contributed by atoms with Crippen molar-refractivity contribution >= 4 is 51.9 Å². The van der Waals surface area contributed by atoms with E-state index in [2.05, 4.69) is 25.0 Å². The fourth-order valence-electron chi connectivity index (χ4n) is 3.49. The molecule has 174 valence electrons. The fourth-order valence-corrected chi connectivity index (χ4v) is 4.44. The van der Waals surface area contributed by atoms with Crippen molar-refractivity contribution in [1.29, 1.82) is 0 Å². The summed E-state index contributed by atoms with van der Waals surface area (Å²) < 4.78 is 46.8. The van der Waals surface area contributed by atoms with E-state index < -0.39 is 28.8 Å². The number of hydrogen-bond donors (Lipinski definition) is 3. The van der Waals surface area contributed by atoms with Crippen molar-refractivity contribution in [3.05, 3.63) is 76.5 Å². The number of nitrogens with one attached hydrogen (secondary N) is 3. The number of nitrogens with zero attached hydrogens (tertiary/aromatic N) is 2. The first-order valence-electron chi connectivity index (χ1n) is 10.4. The van der Waals surface area contributed by atoms with Crippen molar-refractivity contribution in [2.45, 2.75) is 17.7 Å². The second-order valence-electron chi connectivity index (χ2n) is 7.84. The summed E-state index contributed by atoms with van der Waals surface area (Å²) in [7, 11) is 0. The smallest absolute Gasteiger partial charge is 0.201 e. The zero-order chi connectivity index (χ0) is 23.8. The largest absolute Gasteiger partial charge is 0.369 e. The number of carbonyl (C=O) groups excluding carboxylic acids is 1. The molecule has 0 atom stereocenters. The van der Waals surface area contributed by atoms with Crippen LogP contribution in [0.1, 0.15) is 28.8 Å². The number of fused-ring (bicyclic) bond motifs is 1. The lowest BCUT2D eigenvalue weighted by atomic mass is 10.0. The highest BCUT2D eigenvalue weighted by molar-refractivity contribution is 8.00. The van der Waals surface area contributed by atoms with Crippen LogP contribution in [0.15, 0.2) is 47.8 Å². The van der Waals surface area contributed by atoms with Crippen molar-refractivity contribution in [1.82, 2.24) is 15.0 Å². The maximum atomic E-state index is 15.3. The summed E-state index contributed by atoms with van der Waals surface area (Å²) >= 11 is 6.53. The van der Waals surface area contributed by atoms with Gasteiger partial charge in [0.15, 0.2) is 11.6 Å². The molecule has 3 N–H and O–H groups in total. The molecule has 5 rings (SSSR count). The van der Waals surface area contributed by atoms with Gasteiger partial charge >= 0.3 is 0 Å². The average Bonchev–Trinajstić information content (AvgIpc) is 3.55. The second kappa shape index (κ2) is 9.19. The van der Waals surface area contributed by atoms with Crippen LogP contribution in [-0.2, 0) is 0 Å². The standard InChI is InChI=1S/C23H17ClF3N5OS/c24-13-2-1-3-16(19(13)26)34-32-15-7-6-14(25)18(20(15)27)21(33)12-9-29-23-17(12)22(30-10-31-23)28-8-11-4-5-11/h1-3,6-7,9-11,32H,4-5,8H2,(H2,28,29,30,31). The minimum atomic E-state index is -1.10. The third kappa shape index (κ3) is 4.30. The van der Waals surface area contributed by atoms with Crippen LogP contribution in [0.5, 0.6) is 0 Å². The Morgan fingerprint density at radius 2 is 1.97 bits per heavy atom. The van der Waals surface area contributed by atoms with Crippen molar-refractivity contribution < 1.29 is 18.0 Å². The van der Waals surface area contributed by atoms with E-state index >= 15 is 4.39 Å². The lowest BCUT2D eigenvalue weighted by molar-refractivity contribution is 0.103. The Labute approximate surface area is 201 Å². The van der Waals surface area contributed by atoms with E-state index in [1.165, 1.54) is 24.7 Å². The fraction of sp³-hybridized carbons (Fsp3) is 0.174. The summed E-state index contributed by atoms with van der Waals surface area (Å²) in [5.41, 5.74) is -0.511. The molecule has 1 aliphatic rings. The number of anilines is 2. The number of benzene rings is 2. The molecule has 0 radical (unpaired) electrons. The molecule has 0 bridgehead atoms. The van der Waals surface area contributed by atoms with Crippen molar-refractivity contribution in [3.63, 3.8) is 0 Å². The summed E-state index contributed by atoms with van der Waals surface area (Å²) in [6.07, 6.45) is 4.94. The van der Waals surface area contributed by atoms with Gasteiger partial charge in [0.1, 0.15) is 23.6 Å². The van der Waals surface area contributed by atoms with Gasteiger partial charge in [-0.05, 0) is 55.0 Å². The number of aromatic amines is 1. The molecule has 0 saturated heterocycles. The van der Waals surface area contributed by atoms with Crippen molar-refractivity contribution in [3.8, 4) is 0 Å². The molecular weight excluding hydrogens is 487 g/mol. The highest BCUT2D eigenvalue weighted by Gasteiger charge is 2.27. The van der Waals surface area contributed by atoms with E-state index in [0.29, 0.717) is 29.3 Å². The van der Waals surface area contributed by atoms with Crippen LogP contribution in [0.25, 0.3) is 11.0 Å². The number of carbonyl (C=O) groups is 1. The molecule has 34 heavy (non-hydrogen) atoms. The van der Waals surface area contributed by atoms with Gasteiger partial charge in [-0.25, -0.2) is 23.1 Å². The average molecular weight is 504 g/mol. The number of aromatic nitrogens is 3. The Morgan fingerprint density at radius 3 is 2.76 bits per heavy atom. The van der Waals surface area contributed by atoms with E-state index in [1.54, 1.807) is 6.07 Å². The monoisotopic (exact) mass is 503 g/mol.